The van der Waals surface area contributed by atoms with Crippen molar-refractivity contribution < 1.29 is 9.53 Å². The van der Waals surface area contributed by atoms with Crippen molar-refractivity contribution in [3.63, 3.8) is 0 Å². The van der Waals surface area contributed by atoms with Crippen molar-refractivity contribution in [2.75, 3.05) is 31.6 Å². The minimum atomic E-state index is -0.00866. The van der Waals surface area contributed by atoms with E-state index < -0.39 is 0 Å². The number of hydrogen-bond donors (Lipinski definition) is 1. The van der Waals surface area contributed by atoms with Crippen LogP contribution in [-0.4, -0.2) is 46.7 Å². The maximum atomic E-state index is 13.0. The zero-order valence-electron chi connectivity index (χ0n) is 14.8. The molecule has 1 N–H and O–H groups in total. The zero-order chi connectivity index (χ0) is 18.1. The Morgan fingerprint density at radius 2 is 1.89 bits per heavy atom. The number of morpholine rings is 1. The fraction of sp³-hybridized carbons (Fsp3) is 0.263. The second-order valence-corrected chi connectivity index (χ2v) is 6.68. The van der Waals surface area contributed by atoms with Gasteiger partial charge in [0.15, 0.2) is 0 Å². The van der Waals surface area contributed by atoms with Gasteiger partial charge in [-0.15, -0.1) is 12.4 Å². The number of hydrogen-bond acceptors (Lipinski definition) is 4. The van der Waals surface area contributed by atoms with Crippen LogP contribution in [0.2, 0.25) is 5.02 Å². The Hall–Kier alpha value is -2.28. The van der Waals surface area contributed by atoms with Gasteiger partial charge in [-0.3, -0.25) is 4.79 Å². The van der Waals surface area contributed by atoms with E-state index in [9.17, 15) is 4.79 Å². The largest absolute Gasteiger partial charge is 0.378 e. The zero-order valence-corrected chi connectivity index (χ0v) is 16.4. The number of ether oxygens (including phenoxy) is 1. The third-order valence-electron chi connectivity index (χ3n) is 4.54. The van der Waals surface area contributed by atoms with Gasteiger partial charge in [0, 0.05) is 48.6 Å². The van der Waals surface area contributed by atoms with E-state index in [-0.39, 0.29) is 18.3 Å². The monoisotopic (exact) mass is 406 g/mol. The molecular formula is C19H20Cl2N4O2. The van der Waals surface area contributed by atoms with E-state index in [4.69, 9.17) is 16.3 Å². The molecule has 1 aliphatic heterocycles. The van der Waals surface area contributed by atoms with Crippen molar-refractivity contribution in [1.29, 1.82) is 0 Å². The van der Waals surface area contributed by atoms with Gasteiger partial charge in [0.25, 0.3) is 5.91 Å². The molecule has 3 aromatic rings. The first-order chi connectivity index (χ1) is 12.6. The number of fused-ring (bicyclic) bond motifs is 1. The Kier molecular flexibility index (Phi) is 5.89. The highest BCUT2D eigenvalue weighted by molar-refractivity contribution is 6.30. The van der Waals surface area contributed by atoms with Crippen LogP contribution in [0.1, 0.15) is 10.4 Å². The molecule has 0 radical (unpaired) electrons. The summed E-state index contributed by atoms with van der Waals surface area (Å²) in [6, 6.07) is 9.40. The topological polar surface area (TPSA) is 59.4 Å². The fourth-order valence-corrected chi connectivity index (χ4v) is 3.30. The molecule has 1 amide bonds. The lowest BCUT2D eigenvalue weighted by atomic mass is 10.1. The van der Waals surface area contributed by atoms with E-state index in [1.54, 1.807) is 6.20 Å². The lowest BCUT2D eigenvalue weighted by Gasteiger charge is -2.27. The third-order valence-corrected chi connectivity index (χ3v) is 4.79. The van der Waals surface area contributed by atoms with E-state index in [1.165, 1.54) is 0 Å². The van der Waals surface area contributed by atoms with Crippen molar-refractivity contribution in [3.05, 3.63) is 53.3 Å². The average molecular weight is 407 g/mol. The van der Waals surface area contributed by atoms with Crippen LogP contribution < -0.4 is 5.32 Å². The molecule has 1 aliphatic rings. The van der Waals surface area contributed by atoms with E-state index >= 15 is 0 Å². The minimum absolute atomic E-state index is 0. The van der Waals surface area contributed by atoms with Gasteiger partial charge in [0.2, 0.25) is 0 Å². The van der Waals surface area contributed by atoms with Crippen LogP contribution in [0.5, 0.6) is 0 Å². The highest BCUT2D eigenvalue weighted by Gasteiger charge is 2.23. The Morgan fingerprint density at radius 3 is 2.59 bits per heavy atom. The molecule has 0 aliphatic carbocycles. The number of nitrogens with zero attached hydrogens (tertiary/aromatic N) is 3. The number of carbonyl (C=O) groups excluding carboxylic acids is 1. The molecule has 4 rings (SSSR count). The maximum absolute atomic E-state index is 13.0. The number of pyridine rings is 1. The summed E-state index contributed by atoms with van der Waals surface area (Å²) >= 11 is 5.94. The molecule has 1 saturated heterocycles. The van der Waals surface area contributed by atoms with Gasteiger partial charge in [-0.25, -0.2) is 4.98 Å². The van der Waals surface area contributed by atoms with Crippen LogP contribution in [-0.2, 0) is 11.8 Å². The summed E-state index contributed by atoms with van der Waals surface area (Å²) in [5.74, 6) is 0.701. The number of halogens is 2. The lowest BCUT2D eigenvalue weighted by molar-refractivity contribution is 0.0303. The molecule has 0 unspecified atom stereocenters. The quantitative estimate of drug-likeness (QED) is 0.716. The van der Waals surface area contributed by atoms with Crippen molar-refractivity contribution in [2.45, 2.75) is 0 Å². The Bertz CT molecular complexity index is 950. The standard InChI is InChI=1S/C19H19ClN4O2.ClH/c1-23-7-6-15-17(23)16(19(25)24-8-10-26-11-9-24)12-21-18(15)22-14-4-2-13(20)3-5-14;/h2-7,12H,8-11H2,1H3,(H,21,22);1H. The molecule has 27 heavy (non-hydrogen) atoms. The predicted octanol–water partition coefficient (Wildman–Crippen LogP) is 3.86. The highest BCUT2D eigenvalue weighted by atomic mass is 35.5. The van der Waals surface area contributed by atoms with Crippen molar-refractivity contribution in [3.8, 4) is 0 Å². The van der Waals surface area contributed by atoms with E-state index in [0.717, 1.165) is 16.6 Å². The molecule has 0 saturated carbocycles. The summed E-state index contributed by atoms with van der Waals surface area (Å²) in [6.45, 7) is 2.36. The summed E-state index contributed by atoms with van der Waals surface area (Å²) in [5.41, 5.74) is 2.36. The lowest BCUT2D eigenvalue weighted by Crippen LogP contribution is -2.40. The fourth-order valence-electron chi connectivity index (χ4n) is 3.18. The van der Waals surface area contributed by atoms with Gasteiger partial charge in [0.05, 0.1) is 24.3 Å². The summed E-state index contributed by atoms with van der Waals surface area (Å²) < 4.78 is 7.30. The van der Waals surface area contributed by atoms with Gasteiger partial charge in [-0.05, 0) is 30.3 Å². The van der Waals surface area contributed by atoms with Crippen molar-refractivity contribution in [2.24, 2.45) is 7.05 Å². The Balaban J connectivity index is 0.00000210. The van der Waals surface area contributed by atoms with Gasteiger partial charge in [-0.1, -0.05) is 11.6 Å². The summed E-state index contributed by atoms with van der Waals surface area (Å²) in [7, 11) is 1.94. The first-order valence-corrected chi connectivity index (χ1v) is 8.85. The van der Waals surface area contributed by atoms with Crippen LogP contribution in [0, 0.1) is 0 Å². The highest BCUT2D eigenvalue weighted by Crippen LogP contribution is 2.29. The number of nitrogens with one attached hydrogen (secondary N) is 1. The molecule has 142 valence electrons. The number of amides is 1. The molecule has 6 nitrogen and oxygen atoms in total. The van der Waals surface area contributed by atoms with Crippen LogP contribution in [0.15, 0.2) is 42.7 Å². The van der Waals surface area contributed by atoms with E-state index in [0.29, 0.717) is 42.7 Å². The van der Waals surface area contributed by atoms with Gasteiger partial charge in [0.1, 0.15) is 5.82 Å². The van der Waals surface area contributed by atoms with Gasteiger partial charge >= 0.3 is 0 Å². The number of aromatic nitrogens is 2. The first-order valence-electron chi connectivity index (χ1n) is 8.47. The van der Waals surface area contributed by atoms with Crippen molar-refractivity contribution >= 4 is 52.3 Å². The molecule has 0 spiro atoms. The number of benzene rings is 1. The molecule has 1 aromatic carbocycles. The first kappa shape index (κ1) is 19.5. The maximum Gasteiger partial charge on any atom is 0.257 e. The van der Waals surface area contributed by atoms with Crippen molar-refractivity contribution in [1.82, 2.24) is 14.5 Å². The van der Waals surface area contributed by atoms with Gasteiger partial charge in [-0.2, -0.15) is 0 Å². The van der Waals surface area contributed by atoms with Gasteiger partial charge < -0.3 is 19.5 Å². The second kappa shape index (κ2) is 8.17. The number of aryl methyl sites for hydroxylation is 1. The number of carbonyl (C=O) groups is 1. The SMILES string of the molecule is Cl.Cn1ccc2c(Nc3ccc(Cl)cc3)ncc(C(=O)N3CCOCC3)c21. The predicted molar refractivity (Wildman–Crippen MR) is 109 cm³/mol. The van der Waals surface area contributed by atoms with Crippen LogP contribution >= 0.6 is 24.0 Å². The van der Waals surface area contributed by atoms with Crippen LogP contribution in [0.25, 0.3) is 10.9 Å². The third kappa shape index (κ3) is 3.88. The molecule has 3 heterocycles. The molecule has 8 heteroatoms. The van der Waals surface area contributed by atoms with E-state index in [1.807, 2.05) is 53.0 Å². The normalized spacial score (nSPS) is 14.1. The Labute approximate surface area is 168 Å². The van der Waals surface area contributed by atoms with Crippen LogP contribution in [0.3, 0.4) is 0 Å². The minimum Gasteiger partial charge on any atom is -0.378 e. The van der Waals surface area contributed by atoms with Crippen LogP contribution in [0.4, 0.5) is 11.5 Å². The molecule has 0 bridgehead atoms. The number of anilines is 2. The Morgan fingerprint density at radius 1 is 1.19 bits per heavy atom. The number of rotatable bonds is 3. The molecule has 0 atom stereocenters. The summed E-state index contributed by atoms with van der Waals surface area (Å²) in [6.07, 6.45) is 3.59. The molecule has 2 aromatic heterocycles. The van der Waals surface area contributed by atoms with E-state index in [2.05, 4.69) is 10.3 Å². The average Bonchev–Trinajstić information content (AvgIpc) is 3.06. The summed E-state index contributed by atoms with van der Waals surface area (Å²) in [5, 5.41) is 4.89. The smallest absolute Gasteiger partial charge is 0.257 e. The second-order valence-electron chi connectivity index (χ2n) is 6.25. The molecule has 1 fully saturated rings. The summed E-state index contributed by atoms with van der Waals surface area (Å²) in [4.78, 5) is 19.3. The molecular weight excluding hydrogens is 387 g/mol.